The quantitative estimate of drug-likeness (QED) is 0.828. The van der Waals surface area contributed by atoms with E-state index in [1.165, 1.54) is 11.1 Å². The summed E-state index contributed by atoms with van der Waals surface area (Å²) in [5.41, 5.74) is 2.54. The second-order valence-electron chi connectivity index (χ2n) is 4.49. The number of benzene rings is 1. The molecule has 0 saturated carbocycles. The van der Waals surface area contributed by atoms with Crippen LogP contribution in [0.2, 0.25) is 0 Å². The van der Waals surface area contributed by atoms with Crippen LogP contribution in [0.4, 0.5) is 0 Å². The number of rotatable bonds is 4. The van der Waals surface area contributed by atoms with Crippen LogP contribution in [0.15, 0.2) is 24.3 Å². The lowest BCUT2D eigenvalue weighted by Crippen LogP contribution is -2.40. The first-order chi connectivity index (χ1) is 8.31. The van der Waals surface area contributed by atoms with Crippen molar-refractivity contribution < 1.29 is 4.79 Å². The van der Waals surface area contributed by atoms with Gasteiger partial charge in [-0.15, -0.1) is 0 Å². The third-order valence-electron chi connectivity index (χ3n) is 3.33. The van der Waals surface area contributed by atoms with E-state index in [1.807, 2.05) is 12.1 Å². The SMILES string of the molecule is CCc1ccccc1CNC(=O)[C@@H]1CCCN1. The molecule has 1 atom stereocenters. The van der Waals surface area contributed by atoms with Crippen molar-refractivity contribution in [2.45, 2.75) is 38.8 Å². The van der Waals surface area contributed by atoms with Gasteiger partial charge >= 0.3 is 0 Å². The first kappa shape index (κ1) is 12.1. The highest BCUT2D eigenvalue weighted by molar-refractivity contribution is 5.82. The van der Waals surface area contributed by atoms with Crippen molar-refractivity contribution in [2.24, 2.45) is 0 Å². The maximum absolute atomic E-state index is 11.8. The normalized spacial score (nSPS) is 19.2. The Hall–Kier alpha value is -1.35. The molecule has 0 spiro atoms. The minimum absolute atomic E-state index is 0.0174. The molecule has 1 aliphatic heterocycles. The molecule has 1 saturated heterocycles. The monoisotopic (exact) mass is 232 g/mol. The smallest absolute Gasteiger partial charge is 0.237 e. The van der Waals surface area contributed by atoms with Gasteiger partial charge in [0, 0.05) is 6.54 Å². The van der Waals surface area contributed by atoms with E-state index in [1.54, 1.807) is 0 Å². The van der Waals surface area contributed by atoms with Crippen LogP contribution in [-0.4, -0.2) is 18.5 Å². The van der Waals surface area contributed by atoms with Gasteiger partial charge in [-0.25, -0.2) is 0 Å². The van der Waals surface area contributed by atoms with Gasteiger partial charge in [0.05, 0.1) is 6.04 Å². The Morgan fingerprint density at radius 3 is 2.82 bits per heavy atom. The number of aryl methyl sites for hydroxylation is 1. The molecule has 2 N–H and O–H groups in total. The topological polar surface area (TPSA) is 41.1 Å². The molecule has 1 amide bonds. The van der Waals surface area contributed by atoms with Crippen LogP contribution in [0.3, 0.4) is 0 Å². The van der Waals surface area contributed by atoms with Gasteiger partial charge in [0.1, 0.15) is 0 Å². The highest BCUT2D eigenvalue weighted by Crippen LogP contribution is 2.10. The van der Waals surface area contributed by atoms with Crippen LogP contribution in [0.25, 0.3) is 0 Å². The summed E-state index contributed by atoms with van der Waals surface area (Å²) in [5.74, 6) is 0.133. The molecule has 0 unspecified atom stereocenters. The molecule has 1 fully saturated rings. The Morgan fingerprint density at radius 2 is 2.18 bits per heavy atom. The van der Waals surface area contributed by atoms with Gasteiger partial charge in [-0.05, 0) is 36.9 Å². The summed E-state index contributed by atoms with van der Waals surface area (Å²) in [6, 6.07) is 8.29. The van der Waals surface area contributed by atoms with Crippen molar-refractivity contribution in [1.29, 1.82) is 0 Å². The van der Waals surface area contributed by atoms with E-state index in [4.69, 9.17) is 0 Å². The Balaban J connectivity index is 1.90. The average Bonchev–Trinajstić information content (AvgIpc) is 2.90. The van der Waals surface area contributed by atoms with Crippen LogP contribution in [0, 0.1) is 0 Å². The summed E-state index contributed by atoms with van der Waals surface area (Å²) in [5, 5.41) is 6.22. The number of hydrogen-bond donors (Lipinski definition) is 2. The van der Waals surface area contributed by atoms with Gasteiger partial charge in [-0.3, -0.25) is 4.79 Å². The molecule has 2 rings (SSSR count). The van der Waals surface area contributed by atoms with Crippen LogP contribution in [0.5, 0.6) is 0 Å². The third kappa shape index (κ3) is 3.07. The van der Waals surface area contributed by atoms with Crippen LogP contribution in [0.1, 0.15) is 30.9 Å². The molecule has 92 valence electrons. The standard InChI is InChI=1S/C14H20N2O/c1-2-11-6-3-4-7-12(11)10-16-14(17)13-8-5-9-15-13/h3-4,6-7,13,15H,2,5,8-10H2,1H3,(H,16,17)/t13-/m0/s1. The summed E-state index contributed by atoms with van der Waals surface area (Å²) in [6.07, 6.45) is 3.07. The van der Waals surface area contributed by atoms with E-state index < -0.39 is 0 Å². The number of carbonyl (C=O) groups is 1. The Labute approximate surface area is 103 Å². The Morgan fingerprint density at radius 1 is 1.41 bits per heavy atom. The van der Waals surface area contributed by atoms with Crippen LogP contribution >= 0.6 is 0 Å². The maximum atomic E-state index is 11.8. The van der Waals surface area contributed by atoms with Crippen molar-refractivity contribution in [3.63, 3.8) is 0 Å². The van der Waals surface area contributed by atoms with Crippen molar-refractivity contribution in [1.82, 2.24) is 10.6 Å². The number of amides is 1. The molecule has 0 radical (unpaired) electrons. The van der Waals surface area contributed by atoms with E-state index >= 15 is 0 Å². The van der Waals surface area contributed by atoms with Gasteiger partial charge in [-0.1, -0.05) is 31.2 Å². The minimum atomic E-state index is 0.0174. The van der Waals surface area contributed by atoms with Crippen LogP contribution < -0.4 is 10.6 Å². The van der Waals surface area contributed by atoms with Crippen molar-refractivity contribution in [3.05, 3.63) is 35.4 Å². The van der Waals surface area contributed by atoms with Gasteiger partial charge in [0.25, 0.3) is 0 Å². The molecule has 0 bridgehead atoms. The first-order valence-corrected chi connectivity index (χ1v) is 6.39. The van der Waals surface area contributed by atoms with Gasteiger partial charge in [0.15, 0.2) is 0 Å². The summed E-state index contributed by atoms with van der Waals surface area (Å²) >= 11 is 0. The molecule has 3 heteroatoms. The van der Waals surface area contributed by atoms with Crippen molar-refractivity contribution in [2.75, 3.05) is 6.54 Å². The third-order valence-corrected chi connectivity index (χ3v) is 3.33. The van der Waals surface area contributed by atoms with Gasteiger partial charge < -0.3 is 10.6 Å². The molecular formula is C14H20N2O. The maximum Gasteiger partial charge on any atom is 0.237 e. The van der Waals surface area contributed by atoms with E-state index in [9.17, 15) is 4.79 Å². The zero-order valence-corrected chi connectivity index (χ0v) is 10.3. The highest BCUT2D eigenvalue weighted by atomic mass is 16.2. The fourth-order valence-corrected chi connectivity index (χ4v) is 2.29. The Bertz CT molecular complexity index is 384. The predicted octanol–water partition coefficient (Wildman–Crippen LogP) is 1.62. The molecule has 17 heavy (non-hydrogen) atoms. The van der Waals surface area contributed by atoms with Gasteiger partial charge in [-0.2, -0.15) is 0 Å². The fraction of sp³-hybridized carbons (Fsp3) is 0.500. The average molecular weight is 232 g/mol. The summed E-state index contributed by atoms with van der Waals surface area (Å²) in [7, 11) is 0. The molecule has 1 aromatic rings. The molecule has 1 aromatic carbocycles. The first-order valence-electron chi connectivity index (χ1n) is 6.39. The lowest BCUT2D eigenvalue weighted by Gasteiger charge is -2.12. The van der Waals surface area contributed by atoms with Crippen molar-refractivity contribution >= 4 is 5.91 Å². The molecule has 3 nitrogen and oxygen atoms in total. The predicted molar refractivity (Wildman–Crippen MR) is 68.7 cm³/mol. The number of hydrogen-bond acceptors (Lipinski definition) is 2. The summed E-state index contributed by atoms with van der Waals surface area (Å²) in [4.78, 5) is 11.8. The van der Waals surface area contributed by atoms with Crippen LogP contribution in [-0.2, 0) is 17.8 Å². The zero-order valence-electron chi connectivity index (χ0n) is 10.3. The lowest BCUT2D eigenvalue weighted by atomic mass is 10.1. The largest absolute Gasteiger partial charge is 0.351 e. The summed E-state index contributed by atoms with van der Waals surface area (Å²) < 4.78 is 0. The molecule has 0 aliphatic carbocycles. The number of nitrogens with one attached hydrogen (secondary N) is 2. The highest BCUT2D eigenvalue weighted by Gasteiger charge is 2.21. The second kappa shape index (κ2) is 5.82. The molecular weight excluding hydrogens is 212 g/mol. The van der Waals surface area contributed by atoms with Crippen molar-refractivity contribution in [3.8, 4) is 0 Å². The minimum Gasteiger partial charge on any atom is -0.351 e. The fourth-order valence-electron chi connectivity index (χ4n) is 2.29. The van der Waals surface area contributed by atoms with E-state index in [-0.39, 0.29) is 11.9 Å². The molecule has 0 aromatic heterocycles. The lowest BCUT2D eigenvalue weighted by molar-refractivity contribution is -0.122. The number of carbonyl (C=O) groups excluding carboxylic acids is 1. The zero-order chi connectivity index (χ0) is 12.1. The Kier molecular flexibility index (Phi) is 4.15. The van der Waals surface area contributed by atoms with Gasteiger partial charge in [0.2, 0.25) is 5.91 Å². The second-order valence-corrected chi connectivity index (χ2v) is 4.49. The van der Waals surface area contributed by atoms with E-state index in [2.05, 4.69) is 29.7 Å². The molecule has 1 heterocycles. The van der Waals surface area contributed by atoms with E-state index in [0.717, 1.165) is 25.8 Å². The summed E-state index contributed by atoms with van der Waals surface area (Å²) in [6.45, 7) is 3.74. The molecule has 1 aliphatic rings. The van der Waals surface area contributed by atoms with E-state index in [0.29, 0.717) is 6.54 Å².